The number of nitrogens with one attached hydrogen (secondary N) is 1. The minimum absolute atomic E-state index is 0.318. The van der Waals surface area contributed by atoms with Crippen molar-refractivity contribution in [1.82, 2.24) is 0 Å². The number of rotatable bonds is 0. The lowest BCUT2D eigenvalue weighted by Crippen LogP contribution is -2.33. The minimum atomic E-state index is 0.318. The van der Waals surface area contributed by atoms with Gasteiger partial charge in [-0.3, -0.25) is 0 Å². The predicted molar refractivity (Wildman–Crippen MR) is 61.7 cm³/mol. The Bertz CT molecular complexity index is 335. The van der Waals surface area contributed by atoms with Gasteiger partial charge in [-0.1, -0.05) is 45.9 Å². The van der Waals surface area contributed by atoms with Crippen molar-refractivity contribution in [2.24, 2.45) is 5.41 Å². The number of hydrogen-bond donors (Lipinski definition) is 1. The molecule has 2 atom stereocenters. The maximum absolute atomic E-state index is 3.62. The van der Waals surface area contributed by atoms with Crippen LogP contribution < -0.4 is 5.32 Å². The molecule has 2 unspecified atom stereocenters. The smallest absolute Gasteiger partial charge is 0.0378 e. The lowest BCUT2D eigenvalue weighted by Gasteiger charge is -2.31. The summed E-state index contributed by atoms with van der Waals surface area (Å²) < 4.78 is 0. The molecule has 1 N–H and O–H groups in total. The summed E-state index contributed by atoms with van der Waals surface area (Å²) in [6, 6.07) is 9.20. The van der Waals surface area contributed by atoms with E-state index in [1.807, 2.05) is 0 Å². The van der Waals surface area contributed by atoms with E-state index in [1.165, 1.54) is 11.3 Å². The Hall–Kier alpha value is -0.980. The number of hydrogen-bond acceptors (Lipinski definition) is 1. The molecule has 0 spiro atoms. The summed E-state index contributed by atoms with van der Waals surface area (Å²) in [5.41, 5.74) is 3.10. The van der Waals surface area contributed by atoms with E-state index in [-0.39, 0.29) is 0 Å². The van der Waals surface area contributed by atoms with Crippen LogP contribution in [0.4, 0.5) is 5.69 Å². The van der Waals surface area contributed by atoms with Crippen molar-refractivity contribution in [3.63, 3.8) is 0 Å². The third kappa shape index (κ3) is 1.41. The van der Waals surface area contributed by atoms with E-state index >= 15 is 0 Å². The van der Waals surface area contributed by atoms with Crippen molar-refractivity contribution in [1.29, 1.82) is 0 Å². The maximum Gasteiger partial charge on any atom is 0.0378 e. The van der Waals surface area contributed by atoms with Crippen molar-refractivity contribution >= 4 is 5.69 Å². The van der Waals surface area contributed by atoms with Gasteiger partial charge in [-0.15, -0.1) is 0 Å². The molecule has 0 saturated carbocycles. The molecule has 1 aliphatic rings. The molecule has 1 nitrogen and oxygen atoms in total. The van der Waals surface area contributed by atoms with Crippen molar-refractivity contribution in [3.8, 4) is 0 Å². The summed E-state index contributed by atoms with van der Waals surface area (Å²) in [6.45, 7) is 9.21. The molecular formula is C13H19N. The zero-order valence-electron chi connectivity index (χ0n) is 9.46. The lowest BCUT2D eigenvalue weighted by molar-refractivity contribution is 0.319. The molecule has 76 valence electrons. The molecule has 1 heterocycles. The van der Waals surface area contributed by atoms with Crippen molar-refractivity contribution < 1.29 is 0 Å². The van der Waals surface area contributed by atoms with E-state index in [1.54, 1.807) is 0 Å². The van der Waals surface area contributed by atoms with Crippen molar-refractivity contribution in [3.05, 3.63) is 29.8 Å². The second-order valence-corrected chi connectivity index (χ2v) is 5.36. The fourth-order valence-electron chi connectivity index (χ4n) is 2.46. The predicted octanol–water partition coefficient (Wildman–Crippen LogP) is 3.63. The second kappa shape index (κ2) is 3.01. The van der Waals surface area contributed by atoms with Gasteiger partial charge in [-0.25, -0.2) is 0 Å². The van der Waals surface area contributed by atoms with Crippen LogP contribution >= 0.6 is 0 Å². The fourth-order valence-corrected chi connectivity index (χ4v) is 2.46. The summed E-state index contributed by atoms with van der Waals surface area (Å²) in [7, 11) is 0. The van der Waals surface area contributed by atoms with Crippen molar-refractivity contribution in [2.75, 3.05) is 5.32 Å². The SMILES string of the molecule is CC1c2ccccc2NC1C(C)(C)C. The first kappa shape index (κ1) is 9.57. The first-order chi connectivity index (χ1) is 6.50. The summed E-state index contributed by atoms with van der Waals surface area (Å²) in [5, 5.41) is 3.62. The van der Waals surface area contributed by atoms with E-state index in [9.17, 15) is 0 Å². The van der Waals surface area contributed by atoms with Gasteiger partial charge in [0.2, 0.25) is 0 Å². The number of para-hydroxylation sites is 1. The molecule has 1 aliphatic heterocycles. The molecule has 0 bridgehead atoms. The Morgan fingerprint density at radius 3 is 2.36 bits per heavy atom. The third-order valence-corrected chi connectivity index (χ3v) is 3.20. The van der Waals surface area contributed by atoms with Crippen LogP contribution in [0.1, 0.15) is 39.2 Å². The highest BCUT2D eigenvalue weighted by molar-refractivity contribution is 5.59. The standard InChI is InChI=1S/C13H19N/c1-9-10-7-5-6-8-11(10)14-12(9)13(2,3)4/h5-9,12,14H,1-4H3. The van der Waals surface area contributed by atoms with E-state index in [0.29, 0.717) is 17.4 Å². The molecule has 0 aliphatic carbocycles. The van der Waals surface area contributed by atoms with E-state index in [2.05, 4.69) is 57.3 Å². The quantitative estimate of drug-likeness (QED) is 0.657. The number of anilines is 1. The first-order valence-corrected chi connectivity index (χ1v) is 5.35. The molecule has 0 aromatic heterocycles. The van der Waals surface area contributed by atoms with E-state index < -0.39 is 0 Å². The molecule has 1 heteroatoms. The van der Waals surface area contributed by atoms with Gasteiger partial charge in [0.05, 0.1) is 0 Å². The van der Waals surface area contributed by atoms with Gasteiger partial charge in [-0.2, -0.15) is 0 Å². The van der Waals surface area contributed by atoms with Crippen molar-refractivity contribution in [2.45, 2.75) is 39.7 Å². The summed E-state index contributed by atoms with van der Waals surface area (Å²) in [5.74, 6) is 0.617. The van der Waals surface area contributed by atoms with Crippen LogP contribution in [-0.2, 0) is 0 Å². The molecule has 1 aromatic rings. The zero-order chi connectivity index (χ0) is 10.3. The van der Waals surface area contributed by atoms with Gasteiger partial charge >= 0.3 is 0 Å². The first-order valence-electron chi connectivity index (χ1n) is 5.35. The van der Waals surface area contributed by atoms with E-state index in [0.717, 1.165) is 0 Å². The van der Waals surface area contributed by atoms with Gasteiger partial charge in [0, 0.05) is 17.6 Å². The largest absolute Gasteiger partial charge is 0.381 e. The van der Waals surface area contributed by atoms with Crippen LogP contribution in [0.15, 0.2) is 24.3 Å². The Balaban J connectivity index is 2.35. The molecule has 0 amide bonds. The highest BCUT2D eigenvalue weighted by atomic mass is 15.0. The highest BCUT2D eigenvalue weighted by Gasteiger charge is 2.36. The Kier molecular flexibility index (Phi) is 2.06. The summed E-state index contributed by atoms with van der Waals surface area (Å²) in [6.07, 6.45) is 0. The maximum atomic E-state index is 3.62. The monoisotopic (exact) mass is 189 g/mol. The molecule has 0 fully saturated rings. The van der Waals surface area contributed by atoms with Gasteiger partial charge in [0.1, 0.15) is 0 Å². The van der Waals surface area contributed by atoms with Crippen LogP contribution in [0.5, 0.6) is 0 Å². The number of fused-ring (bicyclic) bond motifs is 1. The lowest BCUT2D eigenvalue weighted by atomic mass is 9.79. The average Bonchev–Trinajstić information content (AvgIpc) is 2.44. The van der Waals surface area contributed by atoms with Crippen LogP contribution in [0.3, 0.4) is 0 Å². The second-order valence-electron chi connectivity index (χ2n) is 5.36. The van der Waals surface area contributed by atoms with E-state index in [4.69, 9.17) is 0 Å². The van der Waals surface area contributed by atoms with Gasteiger partial charge in [0.15, 0.2) is 0 Å². The van der Waals surface area contributed by atoms with Crippen LogP contribution in [0, 0.1) is 5.41 Å². The Morgan fingerprint density at radius 1 is 1.14 bits per heavy atom. The van der Waals surface area contributed by atoms with Gasteiger partial charge in [-0.05, 0) is 17.0 Å². The molecule has 0 radical (unpaired) electrons. The normalized spacial score (nSPS) is 25.7. The molecular weight excluding hydrogens is 170 g/mol. The molecule has 0 saturated heterocycles. The Labute approximate surface area is 86.5 Å². The molecule has 14 heavy (non-hydrogen) atoms. The van der Waals surface area contributed by atoms with Gasteiger partial charge in [0.25, 0.3) is 0 Å². The summed E-state index contributed by atoms with van der Waals surface area (Å²) in [4.78, 5) is 0. The number of benzene rings is 1. The highest BCUT2D eigenvalue weighted by Crippen LogP contribution is 2.42. The third-order valence-electron chi connectivity index (χ3n) is 3.20. The zero-order valence-corrected chi connectivity index (χ0v) is 9.46. The van der Waals surface area contributed by atoms with Crippen LogP contribution in [0.25, 0.3) is 0 Å². The van der Waals surface area contributed by atoms with Crippen LogP contribution in [0.2, 0.25) is 0 Å². The summed E-state index contributed by atoms with van der Waals surface area (Å²) >= 11 is 0. The topological polar surface area (TPSA) is 12.0 Å². The average molecular weight is 189 g/mol. The molecule has 2 rings (SSSR count). The van der Waals surface area contributed by atoms with Crippen LogP contribution in [-0.4, -0.2) is 6.04 Å². The Morgan fingerprint density at radius 2 is 1.79 bits per heavy atom. The fraction of sp³-hybridized carbons (Fsp3) is 0.538. The van der Waals surface area contributed by atoms with Gasteiger partial charge < -0.3 is 5.32 Å². The minimum Gasteiger partial charge on any atom is -0.381 e. The molecule has 1 aromatic carbocycles.